The number of fused-ring (bicyclic) bond motifs is 3. The lowest BCUT2D eigenvalue weighted by Gasteiger charge is -2.18. The molecule has 1 aliphatic carbocycles. The molecule has 0 unspecified atom stereocenters. The van der Waals surface area contributed by atoms with Crippen molar-refractivity contribution in [3.05, 3.63) is 35.4 Å². The van der Waals surface area contributed by atoms with Gasteiger partial charge in [-0.3, -0.25) is 19.3 Å². The summed E-state index contributed by atoms with van der Waals surface area (Å²) in [5, 5.41) is 0. The molecule has 3 atom stereocenters. The van der Waals surface area contributed by atoms with Crippen LogP contribution in [0.2, 0.25) is 0 Å². The van der Waals surface area contributed by atoms with Crippen LogP contribution in [0.15, 0.2) is 24.3 Å². The molecule has 1 aromatic rings. The van der Waals surface area contributed by atoms with E-state index in [9.17, 15) is 14.4 Å². The van der Waals surface area contributed by atoms with Gasteiger partial charge in [0.15, 0.2) is 5.78 Å². The van der Waals surface area contributed by atoms with Crippen LogP contribution < -0.4 is 0 Å². The van der Waals surface area contributed by atoms with Crippen molar-refractivity contribution in [2.75, 3.05) is 0 Å². The molecule has 2 aliphatic rings. The number of likely N-dealkylation sites (tertiary alicyclic amines) is 1. The predicted molar refractivity (Wildman–Crippen MR) is 64.0 cm³/mol. The monoisotopic (exact) mass is 243 g/mol. The van der Waals surface area contributed by atoms with Crippen molar-refractivity contribution in [3.8, 4) is 0 Å². The smallest absolute Gasteiger partial charge is 0.233 e. The molecule has 1 heterocycles. The van der Waals surface area contributed by atoms with Crippen LogP contribution in [0.3, 0.4) is 0 Å². The van der Waals surface area contributed by atoms with Gasteiger partial charge < -0.3 is 0 Å². The highest BCUT2D eigenvalue weighted by Gasteiger charge is 2.56. The first-order valence-corrected chi connectivity index (χ1v) is 6.01. The maximum Gasteiger partial charge on any atom is 0.233 e. The Bertz CT molecular complexity index is 578. The summed E-state index contributed by atoms with van der Waals surface area (Å²) in [4.78, 5) is 37.1. The van der Waals surface area contributed by atoms with Crippen LogP contribution in [0.25, 0.3) is 0 Å². The number of carbonyl (C=O) groups is 3. The van der Waals surface area contributed by atoms with Gasteiger partial charge in [0.05, 0.1) is 0 Å². The summed E-state index contributed by atoms with van der Waals surface area (Å²) >= 11 is 0. The van der Waals surface area contributed by atoms with Crippen LogP contribution in [-0.4, -0.2) is 28.5 Å². The number of amides is 2. The Labute approximate surface area is 105 Å². The Morgan fingerprint density at radius 3 is 2.56 bits per heavy atom. The molecule has 4 heteroatoms. The molecule has 0 radical (unpaired) electrons. The number of nitrogens with zero attached hydrogens (tertiary/aromatic N) is 1. The second-order valence-corrected chi connectivity index (χ2v) is 4.94. The molecule has 4 nitrogen and oxygen atoms in total. The highest BCUT2D eigenvalue weighted by atomic mass is 16.2. The molecule has 0 aromatic heterocycles. The van der Waals surface area contributed by atoms with E-state index in [-0.39, 0.29) is 29.4 Å². The van der Waals surface area contributed by atoms with E-state index in [0.717, 1.165) is 10.5 Å². The zero-order chi connectivity index (χ0) is 13.0. The van der Waals surface area contributed by atoms with E-state index in [1.807, 2.05) is 18.2 Å². The number of hydrogen-bond acceptors (Lipinski definition) is 3. The molecular formula is C14H13NO3. The van der Waals surface area contributed by atoms with E-state index >= 15 is 0 Å². The molecule has 1 saturated heterocycles. The number of carbonyl (C=O) groups excluding carboxylic acids is 3. The van der Waals surface area contributed by atoms with Crippen LogP contribution >= 0.6 is 0 Å². The first-order chi connectivity index (χ1) is 8.54. The summed E-state index contributed by atoms with van der Waals surface area (Å²) in [7, 11) is 0. The largest absolute Gasteiger partial charge is 0.292 e. The second-order valence-electron chi connectivity index (χ2n) is 4.94. The normalized spacial score (nSPS) is 29.4. The lowest BCUT2D eigenvalue weighted by atomic mass is 9.90. The maximum absolute atomic E-state index is 12.3. The molecule has 3 rings (SSSR count). The van der Waals surface area contributed by atoms with E-state index in [2.05, 4.69) is 0 Å². The van der Waals surface area contributed by atoms with Crippen molar-refractivity contribution in [1.29, 1.82) is 0 Å². The fourth-order valence-electron chi connectivity index (χ4n) is 3.19. The third-order valence-electron chi connectivity index (χ3n) is 3.98. The van der Waals surface area contributed by atoms with Gasteiger partial charge in [-0.05, 0) is 5.56 Å². The number of rotatable bonds is 0. The Kier molecular flexibility index (Phi) is 2.17. The first-order valence-electron chi connectivity index (χ1n) is 6.01. The minimum atomic E-state index is -0.623. The van der Waals surface area contributed by atoms with Gasteiger partial charge in [-0.2, -0.15) is 0 Å². The maximum atomic E-state index is 12.3. The minimum Gasteiger partial charge on any atom is -0.292 e. The number of benzene rings is 1. The van der Waals surface area contributed by atoms with Gasteiger partial charge >= 0.3 is 0 Å². The van der Waals surface area contributed by atoms with Crippen molar-refractivity contribution in [2.24, 2.45) is 5.92 Å². The highest BCUT2D eigenvalue weighted by Crippen LogP contribution is 2.46. The summed E-state index contributed by atoms with van der Waals surface area (Å²) in [5.41, 5.74) is 1.55. The molecule has 1 aromatic carbocycles. The van der Waals surface area contributed by atoms with Crippen LogP contribution in [0.5, 0.6) is 0 Å². The van der Waals surface area contributed by atoms with E-state index < -0.39 is 6.04 Å². The highest BCUT2D eigenvalue weighted by molar-refractivity contribution is 6.13. The fraction of sp³-hybridized carbons (Fsp3) is 0.357. The Hall–Kier alpha value is -1.97. The molecule has 0 N–H and O–H groups in total. The van der Waals surface area contributed by atoms with Gasteiger partial charge in [-0.15, -0.1) is 0 Å². The van der Waals surface area contributed by atoms with Crippen molar-refractivity contribution >= 4 is 17.6 Å². The average Bonchev–Trinajstić information content (AvgIpc) is 2.77. The number of Topliss-reactive ketones (excluding diaryl/α,β-unsaturated/α-hetero) is 1. The van der Waals surface area contributed by atoms with Crippen molar-refractivity contribution in [3.63, 3.8) is 0 Å². The summed E-state index contributed by atoms with van der Waals surface area (Å²) in [6.07, 6.45) is 0. The van der Waals surface area contributed by atoms with Crippen LogP contribution in [0.4, 0.5) is 0 Å². The van der Waals surface area contributed by atoms with Gasteiger partial charge in [0.1, 0.15) is 6.04 Å². The van der Waals surface area contributed by atoms with Gasteiger partial charge in [-0.25, -0.2) is 0 Å². The average molecular weight is 243 g/mol. The summed E-state index contributed by atoms with van der Waals surface area (Å²) in [5.74, 6) is -1.18. The Morgan fingerprint density at radius 2 is 1.89 bits per heavy atom. The summed E-state index contributed by atoms with van der Waals surface area (Å²) in [6.45, 7) is 3.13. The zero-order valence-corrected chi connectivity index (χ0v) is 10.2. The molecular weight excluding hydrogens is 230 g/mol. The van der Waals surface area contributed by atoms with Crippen LogP contribution in [-0.2, 0) is 9.59 Å². The topological polar surface area (TPSA) is 54.5 Å². The zero-order valence-electron chi connectivity index (χ0n) is 10.2. The molecule has 0 spiro atoms. The molecule has 2 amide bonds. The standard InChI is InChI=1S/C14H13NO3/c1-7-11-9-5-3-4-6-10(9)13(17)12(11)15(8(2)16)14(7)18/h3-7,11-12H,1-2H3/t7-,11-,12-/m0/s1. The van der Waals surface area contributed by atoms with Gasteiger partial charge in [0.2, 0.25) is 11.8 Å². The van der Waals surface area contributed by atoms with Crippen LogP contribution in [0.1, 0.15) is 35.7 Å². The molecule has 1 aliphatic heterocycles. The quantitative estimate of drug-likeness (QED) is 0.691. The first kappa shape index (κ1) is 11.1. The fourth-order valence-corrected chi connectivity index (χ4v) is 3.19. The van der Waals surface area contributed by atoms with E-state index in [1.54, 1.807) is 13.0 Å². The molecule has 0 saturated carbocycles. The van der Waals surface area contributed by atoms with Gasteiger partial charge in [0.25, 0.3) is 0 Å². The SMILES string of the molecule is CC(=O)N1C(=O)[C@@H](C)[C@H]2c3ccccc3C(=O)[C@H]21. The van der Waals surface area contributed by atoms with Gasteiger partial charge in [-0.1, -0.05) is 31.2 Å². The third-order valence-corrected chi connectivity index (χ3v) is 3.98. The van der Waals surface area contributed by atoms with E-state index in [4.69, 9.17) is 0 Å². The number of ketones is 1. The van der Waals surface area contributed by atoms with Crippen molar-refractivity contribution in [2.45, 2.75) is 25.8 Å². The lowest BCUT2D eigenvalue weighted by Crippen LogP contribution is -2.41. The molecule has 1 fully saturated rings. The number of hydrogen-bond donors (Lipinski definition) is 0. The number of imide groups is 1. The second kappa shape index (κ2) is 3.51. The summed E-state index contributed by atoms with van der Waals surface area (Å²) in [6, 6.07) is 6.70. The van der Waals surface area contributed by atoms with Crippen LogP contribution in [0, 0.1) is 5.92 Å². The molecule has 92 valence electrons. The Morgan fingerprint density at radius 1 is 1.22 bits per heavy atom. The van der Waals surface area contributed by atoms with Gasteiger partial charge in [0, 0.05) is 24.3 Å². The van der Waals surface area contributed by atoms with Crippen molar-refractivity contribution in [1.82, 2.24) is 4.90 Å². The molecule has 18 heavy (non-hydrogen) atoms. The predicted octanol–water partition coefficient (Wildman–Crippen LogP) is 1.36. The minimum absolute atomic E-state index is 0.108. The van der Waals surface area contributed by atoms with Crippen molar-refractivity contribution < 1.29 is 14.4 Å². The van der Waals surface area contributed by atoms with E-state index in [1.165, 1.54) is 6.92 Å². The Balaban J connectivity index is 2.18. The summed E-state index contributed by atoms with van der Waals surface area (Å²) < 4.78 is 0. The molecule has 0 bridgehead atoms. The lowest BCUT2D eigenvalue weighted by molar-refractivity contribution is -0.143. The third kappa shape index (κ3) is 1.17. The van der Waals surface area contributed by atoms with E-state index in [0.29, 0.717) is 5.56 Å².